The van der Waals surface area contributed by atoms with Crippen LogP contribution in [0.1, 0.15) is 19.3 Å². The Labute approximate surface area is 118 Å². The van der Waals surface area contributed by atoms with Gasteiger partial charge in [-0.15, -0.1) is 0 Å². The molecule has 2 fully saturated rings. The fraction of sp³-hybridized carbons (Fsp3) is 0.571. The Kier molecular flexibility index (Phi) is 3.46. The number of halogens is 1. The summed E-state index contributed by atoms with van der Waals surface area (Å²) in [5.74, 6) is 0.646. The van der Waals surface area contributed by atoms with Crippen LogP contribution in [-0.4, -0.2) is 37.7 Å². The summed E-state index contributed by atoms with van der Waals surface area (Å²) in [4.78, 5) is 0. The van der Waals surface area contributed by atoms with Gasteiger partial charge in [0.15, 0.2) is 0 Å². The summed E-state index contributed by atoms with van der Waals surface area (Å²) in [6.45, 7) is 0.333. The molecule has 0 unspecified atom stereocenters. The number of piperidine rings is 1. The van der Waals surface area contributed by atoms with Gasteiger partial charge in [0, 0.05) is 6.04 Å². The van der Waals surface area contributed by atoms with Gasteiger partial charge < -0.3 is 4.74 Å². The van der Waals surface area contributed by atoms with E-state index in [4.69, 9.17) is 4.74 Å². The fourth-order valence-electron chi connectivity index (χ4n) is 3.49. The number of hydrogen-bond acceptors (Lipinski definition) is 3. The summed E-state index contributed by atoms with van der Waals surface area (Å²) in [6.07, 6.45) is 4.21. The zero-order chi connectivity index (χ0) is 14.3. The molecule has 20 heavy (non-hydrogen) atoms. The highest BCUT2D eigenvalue weighted by Gasteiger charge is 2.50. The molecule has 4 nitrogen and oxygen atoms in total. The van der Waals surface area contributed by atoms with Gasteiger partial charge in [-0.1, -0.05) is 0 Å². The molecule has 0 aromatic heterocycles. The second-order valence-electron chi connectivity index (χ2n) is 5.65. The third kappa shape index (κ3) is 2.54. The Morgan fingerprint density at radius 3 is 2.65 bits per heavy atom. The SMILES string of the molecule is CS(=O)(=O)N1[C@@H]2CC[C@@H](C2)[C@H]1COc1ccc(F)cc1. The van der Waals surface area contributed by atoms with Crippen molar-refractivity contribution in [2.75, 3.05) is 12.9 Å². The Morgan fingerprint density at radius 2 is 2.00 bits per heavy atom. The van der Waals surface area contributed by atoms with E-state index in [0.717, 1.165) is 19.3 Å². The maximum absolute atomic E-state index is 12.8. The predicted octanol–water partition coefficient (Wildman–Crippen LogP) is 2.02. The molecule has 1 saturated carbocycles. The van der Waals surface area contributed by atoms with Crippen LogP contribution in [0.5, 0.6) is 5.75 Å². The summed E-state index contributed by atoms with van der Waals surface area (Å²) < 4.78 is 43.9. The van der Waals surface area contributed by atoms with E-state index in [0.29, 0.717) is 18.3 Å². The smallest absolute Gasteiger partial charge is 0.211 e. The number of benzene rings is 1. The van der Waals surface area contributed by atoms with Gasteiger partial charge in [-0.25, -0.2) is 12.8 Å². The summed E-state index contributed by atoms with van der Waals surface area (Å²) in [6, 6.07) is 5.85. The van der Waals surface area contributed by atoms with Gasteiger partial charge in [-0.2, -0.15) is 4.31 Å². The van der Waals surface area contributed by atoms with Crippen LogP contribution in [0.15, 0.2) is 24.3 Å². The number of fused-ring (bicyclic) bond motifs is 2. The topological polar surface area (TPSA) is 46.6 Å². The van der Waals surface area contributed by atoms with Crippen LogP contribution in [0.4, 0.5) is 4.39 Å². The molecular formula is C14H18FNO3S. The van der Waals surface area contributed by atoms with Crippen molar-refractivity contribution < 1.29 is 17.5 Å². The molecule has 0 amide bonds. The quantitative estimate of drug-likeness (QED) is 0.854. The van der Waals surface area contributed by atoms with Gasteiger partial charge in [0.05, 0.1) is 12.3 Å². The average molecular weight is 299 g/mol. The van der Waals surface area contributed by atoms with Crippen molar-refractivity contribution in [2.45, 2.75) is 31.3 Å². The molecule has 110 valence electrons. The molecule has 3 rings (SSSR count). The maximum atomic E-state index is 12.8. The number of nitrogens with zero attached hydrogens (tertiary/aromatic N) is 1. The van der Waals surface area contributed by atoms with Gasteiger partial charge >= 0.3 is 0 Å². The lowest BCUT2D eigenvalue weighted by Gasteiger charge is -2.33. The summed E-state index contributed by atoms with van der Waals surface area (Å²) in [5, 5.41) is 0. The molecule has 0 N–H and O–H groups in total. The van der Waals surface area contributed by atoms with E-state index in [1.165, 1.54) is 18.4 Å². The zero-order valence-corrected chi connectivity index (χ0v) is 12.1. The van der Waals surface area contributed by atoms with Crippen LogP contribution in [0, 0.1) is 11.7 Å². The number of hydrogen-bond donors (Lipinski definition) is 0. The van der Waals surface area contributed by atoms with Crippen LogP contribution >= 0.6 is 0 Å². The minimum atomic E-state index is -3.20. The number of rotatable bonds is 4. The normalized spacial score (nSPS) is 29.8. The van der Waals surface area contributed by atoms with E-state index in [2.05, 4.69) is 0 Å². The van der Waals surface area contributed by atoms with E-state index < -0.39 is 10.0 Å². The van der Waals surface area contributed by atoms with Crippen molar-refractivity contribution in [1.29, 1.82) is 0 Å². The van der Waals surface area contributed by atoms with Gasteiger partial charge in [-0.3, -0.25) is 0 Å². The molecule has 1 aliphatic heterocycles. The first-order valence-electron chi connectivity index (χ1n) is 6.82. The van der Waals surface area contributed by atoms with Gasteiger partial charge in [0.25, 0.3) is 0 Å². The molecule has 1 aromatic carbocycles. The van der Waals surface area contributed by atoms with Crippen molar-refractivity contribution >= 4 is 10.0 Å². The molecule has 0 spiro atoms. The van der Waals surface area contributed by atoms with Crippen LogP contribution in [0.2, 0.25) is 0 Å². The maximum Gasteiger partial charge on any atom is 0.211 e. The van der Waals surface area contributed by atoms with E-state index >= 15 is 0 Å². The Bertz CT molecular complexity index is 587. The van der Waals surface area contributed by atoms with Crippen molar-refractivity contribution in [3.05, 3.63) is 30.1 Å². The summed E-state index contributed by atoms with van der Waals surface area (Å²) >= 11 is 0. The average Bonchev–Trinajstić information content (AvgIpc) is 2.97. The van der Waals surface area contributed by atoms with Crippen molar-refractivity contribution in [3.8, 4) is 5.75 Å². The zero-order valence-electron chi connectivity index (χ0n) is 11.3. The highest BCUT2D eigenvalue weighted by atomic mass is 32.2. The van der Waals surface area contributed by atoms with E-state index in [1.54, 1.807) is 16.4 Å². The van der Waals surface area contributed by atoms with Crippen molar-refractivity contribution in [2.24, 2.45) is 5.92 Å². The van der Waals surface area contributed by atoms with Crippen molar-refractivity contribution in [3.63, 3.8) is 0 Å². The van der Waals surface area contributed by atoms with E-state index in [1.807, 2.05) is 0 Å². The third-order valence-electron chi connectivity index (χ3n) is 4.29. The predicted molar refractivity (Wildman–Crippen MR) is 73.5 cm³/mol. The molecular weight excluding hydrogens is 281 g/mol. The Morgan fingerprint density at radius 1 is 1.30 bits per heavy atom. The highest BCUT2D eigenvalue weighted by molar-refractivity contribution is 7.88. The van der Waals surface area contributed by atoms with Gasteiger partial charge in [0.1, 0.15) is 18.2 Å². The Hall–Kier alpha value is -1.14. The lowest BCUT2D eigenvalue weighted by Crippen LogP contribution is -2.47. The molecule has 3 atom stereocenters. The lowest BCUT2D eigenvalue weighted by molar-refractivity contribution is 0.163. The Balaban J connectivity index is 1.71. The molecule has 1 aromatic rings. The minimum absolute atomic E-state index is 0.0891. The minimum Gasteiger partial charge on any atom is -0.492 e. The van der Waals surface area contributed by atoms with Crippen LogP contribution in [0.3, 0.4) is 0 Å². The third-order valence-corrected chi connectivity index (χ3v) is 5.63. The molecule has 0 radical (unpaired) electrons. The van der Waals surface area contributed by atoms with E-state index in [-0.39, 0.29) is 17.9 Å². The van der Waals surface area contributed by atoms with Gasteiger partial charge in [-0.05, 0) is 49.4 Å². The first-order chi connectivity index (χ1) is 9.45. The highest BCUT2D eigenvalue weighted by Crippen LogP contribution is 2.43. The lowest BCUT2D eigenvalue weighted by atomic mass is 10.0. The first-order valence-corrected chi connectivity index (χ1v) is 8.67. The molecule has 1 aliphatic carbocycles. The first kappa shape index (κ1) is 13.8. The molecule has 1 heterocycles. The van der Waals surface area contributed by atoms with Crippen molar-refractivity contribution in [1.82, 2.24) is 4.31 Å². The number of ether oxygens (including phenoxy) is 1. The second-order valence-corrected chi connectivity index (χ2v) is 7.54. The van der Waals surface area contributed by atoms with Crippen LogP contribution in [0.25, 0.3) is 0 Å². The summed E-state index contributed by atoms with van der Waals surface area (Å²) in [5.41, 5.74) is 0. The molecule has 2 aliphatic rings. The van der Waals surface area contributed by atoms with E-state index in [9.17, 15) is 12.8 Å². The standard InChI is InChI=1S/C14H18FNO3S/c1-20(17,18)16-12-5-2-10(8-12)14(16)9-19-13-6-3-11(15)4-7-13/h3-4,6-7,10,12,14H,2,5,8-9H2,1H3/t10-,12+,14+/m0/s1. The summed E-state index contributed by atoms with van der Waals surface area (Å²) in [7, 11) is -3.20. The molecule has 2 bridgehead atoms. The number of sulfonamides is 1. The molecule has 1 saturated heterocycles. The fourth-order valence-corrected chi connectivity index (χ4v) is 4.95. The van der Waals surface area contributed by atoms with Crippen LogP contribution < -0.4 is 4.74 Å². The van der Waals surface area contributed by atoms with Crippen LogP contribution in [-0.2, 0) is 10.0 Å². The monoisotopic (exact) mass is 299 g/mol. The largest absolute Gasteiger partial charge is 0.492 e. The second kappa shape index (κ2) is 5.00. The molecule has 6 heteroatoms. The van der Waals surface area contributed by atoms with Gasteiger partial charge in [0.2, 0.25) is 10.0 Å².